The molecule has 154 valence electrons. The number of rotatable bonds is 4. The standard InChI is InChI=1S/C21H30BrN3O3/c1-15-13-25(14-16(2)28-15)20(26)18-8-11-24(12-9-18)21(27)23-10-7-17-5-3-4-6-19(17)22/h3-6,15-16,18H,7-14H2,1-2H3,(H,23,27). The third kappa shape index (κ3) is 5.47. The summed E-state index contributed by atoms with van der Waals surface area (Å²) < 4.78 is 6.79. The van der Waals surface area contributed by atoms with Gasteiger partial charge in [-0.1, -0.05) is 34.1 Å². The summed E-state index contributed by atoms with van der Waals surface area (Å²) >= 11 is 3.53. The maximum absolute atomic E-state index is 12.8. The van der Waals surface area contributed by atoms with Crippen molar-refractivity contribution in [3.8, 4) is 0 Å². The lowest BCUT2D eigenvalue weighted by Crippen LogP contribution is -2.52. The van der Waals surface area contributed by atoms with Crippen molar-refractivity contribution in [1.82, 2.24) is 15.1 Å². The minimum Gasteiger partial charge on any atom is -0.372 e. The van der Waals surface area contributed by atoms with Crippen LogP contribution >= 0.6 is 15.9 Å². The van der Waals surface area contributed by atoms with E-state index in [4.69, 9.17) is 4.74 Å². The fourth-order valence-electron chi connectivity index (χ4n) is 4.06. The van der Waals surface area contributed by atoms with Crippen LogP contribution in [0.2, 0.25) is 0 Å². The summed E-state index contributed by atoms with van der Waals surface area (Å²) in [7, 11) is 0. The molecule has 28 heavy (non-hydrogen) atoms. The summed E-state index contributed by atoms with van der Waals surface area (Å²) in [6, 6.07) is 8.01. The topological polar surface area (TPSA) is 61.9 Å². The van der Waals surface area contributed by atoms with Crippen LogP contribution in [0.5, 0.6) is 0 Å². The quantitative estimate of drug-likeness (QED) is 0.764. The molecule has 3 rings (SSSR count). The van der Waals surface area contributed by atoms with E-state index in [-0.39, 0.29) is 30.1 Å². The van der Waals surface area contributed by atoms with E-state index in [9.17, 15) is 9.59 Å². The zero-order valence-corrected chi connectivity index (χ0v) is 18.3. The van der Waals surface area contributed by atoms with E-state index in [0.29, 0.717) is 32.7 Å². The van der Waals surface area contributed by atoms with Gasteiger partial charge in [0.15, 0.2) is 0 Å². The average Bonchev–Trinajstić information content (AvgIpc) is 2.68. The largest absolute Gasteiger partial charge is 0.372 e. The first-order valence-corrected chi connectivity index (χ1v) is 10.9. The van der Waals surface area contributed by atoms with E-state index >= 15 is 0 Å². The summed E-state index contributed by atoms with van der Waals surface area (Å²) in [5, 5.41) is 3.00. The molecule has 2 aliphatic heterocycles. The smallest absolute Gasteiger partial charge is 0.317 e. The monoisotopic (exact) mass is 451 g/mol. The molecule has 0 spiro atoms. The molecular weight excluding hydrogens is 422 g/mol. The van der Waals surface area contributed by atoms with Crippen molar-refractivity contribution in [3.05, 3.63) is 34.3 Å². The van der Waals surface area contributed by atoms with Gasteiger partial charge in [0.05, 0.1) is 12.2 Å². The molecule has 0 saturated carbocycles. The number of nitrogens with zero attached hydrogens (tertiary/aromatic N) is 2. The number of halogens is 1. The summed E-state index contributed by atoms with van der Waals surface area (Å²) in [6.45, 7) is 7.22. The minimum absolute atomic E-state index is 0.0156. The first kappa shape index (κ1) is 21.1. The molecule has 2 atom stereocenters. The lowest BCUT2D eigenvalue weighted by molar-refractivity contribution is -0.148. The van der Waals surface area contributed by atoms with Gasteiger partial charge in [-0.15, -0.1) is 0 Å². The number of nitrogens with one attached hydrogen (secondary N) is 1. The number of carbonyl (C=O) groups excluding carboxylic acids is 2. The van der Waals surface area contributed by atoms with Crippen LogP contribution in [0.4, 0.5) is 4.79 Å². The third-order valence-corrected chi connectivity index (χ3v) is 6.26. The number of piperidine rings is 1. The van der Waals surface area contributed by atoms with Gasteiger partial charge in [-0.3, -0.25) is 4.79 Å². The van der Waals surface area contributed by atoms with Crippen LogP contribution in [0.15, 0.2) is 28.7 Å². The average molecular weight is 452 g/mol. The molecule has 0 bridgehead atoms. The van der Waals surface area contributed by atoms with Gasteiger partial charge in [-0.25, -0.2) is 4.79 Å². The van der Waals surface area contributed by atoms with E-state index in [1.54, 1.807) is 0 Å². The Bertz CT molecular complexity index is 681. The maximum Gasteiger partial charge on any atom is 0.317 e. The zero-order valence-electron chi connectivity index (χ0n) is 16.7. The fourth-order valence-corrected chi connectivity index (χ4v) is 4.55. The van der Waals surface area contributed by atoms with Crippen molar-refractivity contribution in [3.63, 3.8) is 0 Å². The van der Waals surface area contributed by atoms with Crippen LogP contribution in [0.3, 0.4) is 0 Å². The van der Waals surface area contributed by atoms with Crippen molar-refractivity contribution in [2.45, 2.75) is 45.3 Å². The van der Waals surface area contributed by atoms with Crippen molar-refractivity contribution < 1.29 is 14.3 Å². The Morgan fingerprint density at radius 2 is 1.75 bits per heavy atom. The van der Waals surface area contributed by atoms with E-state index in [1.807, 2.05) is 41.8 Å². The van der Waals surface area contributed by atoms with Crippen LogP contribution in [-0.4, -0.2) is 66.7 Å². The third-order valence-electron chi connectivity index (χ3n) is 5.49. The Morgan fingerprint density at radius 3 is 2.39 bits per heavy atom. The molecule has 6 nitrogen and oxygen atoms in total. The highest BCUT2D eigenvalue weighted by molar-refractivity contribution is 9.10. The second-order valence-electron chi connectivity index (χ2n) is 7.84. The lowest BCUT2D eigenvalue weighted by atomic mass is 9.95. The summed E-state index contributed by atoms with van der Waals surface area (Å²) in [5.74, 6) is 0.234. The summed E-state index contributed by atoms with van der Waals surface area (Å²) in [4.78, 5) is 29.0. The Labute approximate surface area is 175 Å². The van der Waals surface area contributed by atoms with Crippen LogP contribution in [0.25, 0.3) is 0 Å². The molecule has 1 aromatic rings. The molecule has 2 aliphatic rings. The van der Waals surface area contributed by atoms with E-state index < -0.39 is 0 Å². The number of ether oxygens (including phenoxy) is 1. The molecule has 0 aliphatic carbocycles. The molecule has 3 amide bonds. The number of morpholine rings is 1. The number of likely N-dealkylation sites (tertiary alicyclic amines) is 1. The molecule has 2 saturated heterocycles. The molecule has 1 aromatic carbocycles. The molecule has 2 fully saturated rings. The number of urea groups is 1. The van der Waals surface area contributed by atoms with Gasteiger partial charge in [0.2, 0.25) is 5.91 Å². The van der Waals surface area contributed by atoms with Gasteiger partial charge < -0.3 is 19.9 Å². The first-order valence-electron chi connectivity index (χ1n) is 10.1. The summed E-state index contributed by atoms with van der Waals surface area (Å²) in [5.41, 5.74) is 1.18. The first-order chi connectivity index (χ1) is 13.4. The van der Waals surface area contributed by atoms with Gasteiger partial charge in [0.1, 0.15) is 0 Å². The number of carbonyl (C=O) groups is 2. The number of hydrogen-bond acceptors (Lipinski definition) is 3. The Morgan fingerprint density at radius 1 is 1.11 bits per heavy atom. The van der Waals surface area contributed by atoms with Gasteiger partial charge in [0, 0.05) is 43.1 Å². The second-order valence-corrected chi connectivity index (χ2v) is 8.69. The Balaban J connectivity index is 1.41. The highest BCUT2D eigenvalue weighted by Gasteiger charge is 2.33. The van der Waals surface area contributed by atoms with Crippen LogP contribution < -0.4 is 5.32 Å². The van der Waals surface area contributed by atoms with Crippen LogP contribution in [-0.2, 0) is 16.0 Å². The molecular formula is C21H30BrN3O3. The Hall–Kier alpha value is -1.60. The highest BCUT2D eigenvalue weighted by Crippen LogP contribution is 2.22. The van der Waals surface area contributed by atoms with Crippen LogP contribution in [0.1, 0.15) is 32.3 Å². The van der Waals surface area contributed by atoms with Gasteiger partial charge in [-0.2, -0.15) is 0 Å². The SMILES string of the molecule is CC1CN(C(=O)C2CCN(C(=O)NCCc3ccccc3Br)CC2)CC(C)O1. The molecule has 1 N–H and O–H groups in total. The van der Waals surface area contributed by atoms with Gasteiger partial charge in [-0.05, 0) is 44.7 Å². The normalized spacial score (nSPS) is 23.5. The minimum atomic E-state index is -0.0356. The van der Waals surface area contributed by atoms with Crippen molar-refractivity contribution >= 4 is 27.9 Å². The second kappa shape index (κ2) is 9.74. The van der Waals surface area contributed by atoms with Crippen LogP contribution in [0, 0.1) is 5.92 Å². The Kier molecular flexibility index (Phi) is 7.35. The van der Waals surface area contributed by atoms with Crippen molar-refractivity contribution in [2.24, 2.45) is 5.92 Å². The van der Waals surface area contributed by atoms with Crippen molar-refractivity contribution in [1.29, 1.82) is 0 Å². The van der Waals surface area contributed by atoms with E-state index in [0.717, 1.165) is 23.7 Å². The highest BCUT2D eigenvalue weighted by atomic mass is 79.9. The lowest BCUT2D eigenvalue weighted by Gasteiger charge is -2.39. The number of benzene rings is 1. The zero-order chi connectivity index (χ0) is 20.1. The fraction of sp³-hybridized carbons (Fsp3) is 0.619. The summed E-state index contributed by atoms with van der Waals surface area (Å²) in [6.07, 6.45) is 2.43. The number of amides is 3. The van der Waals surface area contributed by atoms with Gasteiger partial charge in [0.25, 0.3) is 0 Å². The predicted octanol–water partition coefficient (Wildman–Crippen LogP) is 3.05. The molecule has 2 unspecified atom stereocenters. The number of hydrogen-bond donors (Lipinski definition) is 1. The molecule has 2 heterocycles. The predicted molar refractivity (Wildman–Crippen MR) is 112 cm³/mol. The van der Waals surface area contributed by atoms with E-state index in [2.05, 4.69) is 27.3 Å². The molecule has 0 radical (unpaired) electrons. The maximum atomic E-state index is 12.8. The van der Waals surface area contributed by atoms with E-state index in [1.165, 1.54) is 5.56 Å². The van der Waals surface area contributed by atoms with Gasteiger partial charge >= 0.3 is 6.03 Å². The molecule has 0 aromatic heterocycles. The molecule has 7 heteroatoms. The van der Waals surface area contributed by atoms with Crippen molar-refractivity contribution in [2.75, 3.05) is 32.7 Å².